The molecule has 1 fully saturated rings. The molecule has 0 aliphatic carbocycles. The lowest BCUT2D eigenvalue weighted by atomic mass is 9.80. The number of aliphatic imine (C=N–C) groups is 1. The average molecular weight is 351 g/mol. The number of amides is 1. The zero-order chi connectivity index (χ0) is 18.5. The SMILES string of the molecule is CCC1=CC(C2CCN(C(C)=O)CC2)CC(Nc2cc(C#N)ccn2)=N1. The van der Waals surface area contributed by atoms with Gasteiger partial charge in [-0.05, 0) is 43.2 Å². The molecule has 1 N–H and O–H groups in total. The summed E-state index contributed by atoms with van der Waals surface area (Å²) in [6.45, 7) is 5.45. The van der Waals surface area contributed by atoms with Gasteiger partial charge in [-0.1, -0.05) is 13.0 Å². The van der Waals surface area contributed by atoms with Crippen LogP contribution in [0.25, 0.3) is 0 Å². The summed E-state index contributed by atoms with van der Waals surface area (Å²) in [5.41, 5.74) is 1.67. The molecular formula is C20H25N5O. The first-order valence-electron chi connectivity index (χ1n) is 9.26. The van der Waals surface area contributed by atoms with Crippen LogP contribution < -0.4 is 5.32 Å². The molecule has 6 nitrogen and oxygen atoms in total. The van der Waals surface area contributed by atoms with E-state index in [1.807, 2.05) is 4.90 Å². The lowest BCUT2D eigenvalue weighted by Crippen LogP contribution is -2.39. The van der Waals surface area contributed by atoms with E-state index in [4.69, 9.17) is 10.3 Å². The molecule has 1 amide bonds. The maximum Gasteiger partial charge on any atom is 0.219 e. The van der Waals surface area contributed by atoms with E-state index in [9.17, 15) is 4.79 Å². The van der Waals surface area contributed by atoms with Crippen LogP contribution in [0.15, 0.2) is 35.1 Å². The van der Waals surface area contributed by atoms with Crippen molar-refractivity contribution in [2.24, 2.45) is 16.8 Å². The second kappa shape index (κ2) is 8.13. The van der Waals surface area contributed by atoms with Gasteiger partial charge < -0.3 is 10.2 Å². The molecule has 26 heavy (non-hydrogen) atoms. The van der Waals surface area contributed by atoms with Crippen molar-refractivity contribution >= 4 is 17.6 Å². The Balaban J connectivity index is 1.69. The van der Waals surface area contributed by atoms with Gasteiger partial charge in [0, 0.05) is 38.3 Å². The van der Waals surface area contributed by atoms with E-state index in [0.717, 1.165) is 50.3 Å². The summed E-state index contributed by atoms with van der Waals surface area (Å²) in [5, 5.41) is 12.3. The van der Waals surface area contributed by atoms with Crippen LogP contribution in [-0.4, -0.2) is 34.7 Å². The van der Waals surface area contributed by atoms with Crippen LogP contribution in [0.2, 0.25) is 0 Å². The molecule has 1 unspecified atom stereocenters. The van der Waals surface area contributed by atoms with Crippen molar-refractivity contribution in [3.8, 4) is 6.07 Å². The van der Waals surface area contributed by atoms with E-state index in [1.54, 1.807) is 25.3 Å². The second-order valence-electron chi connectivity index (χ2n) is 6.95. The van der Waals surface area contributed by atoms with E-state index in [0.29, 0.717) is 23.2 Å². The van der Waals surface area contributed by atoms with Crippen LogP contribution in [0.4, 0.5) is 5.82 Å². The van der Waals surface area contributed by atoms with Crippen LogP contribution in [0, 0.1) is 23.2 Å². The van der Waals surface area contributed by atoms with Gasteiger partial charge in [-0.3, -0.25) is 4.79 Å². The Morgan fingerprint density at radius 3 is 2.85 bits per heavy atom. The number of nitrogens with one attached hydrogen (secondary N) is 1. The Bertz CT molecular complexity index is 769. The number of carbonyl (C=O) groups excluding carboxylic acids is 1. The maximum absolute atomic E-state index is 11.5. The van der Waals surface area contributed by atoms with Gasteiger partial charge in [0.05, 0.1) is 11.6 Å². The number of nitriles is 1. The minimum Gasteiger partial charge on any atom is -0.343 e. The van der Waals surface area contributed by atoms with Crippen molar-refractivity contribution in [3.63, 3.8) is 0 Å². The smallest absolute Gasteiger partial charge is 0.219 e. The molecule has 0 bridgehead atoms. The van der Waals surface area contributed by atoms with Gasteiger partial charge in [-0.2, -0.15) is 5.26 Å². The fraction of sp³-hybridized carbons (Fsp3) is 0.500. The van der Waals surface area contributed by atoms with Crippen molar-refractivity contribution in [2.45, 2.75) is 39.5 Å². The van der Waals surface area contributed by atoms with Gasteiger partial charge in [-0.25, -0.2) is 9.98 Å². The molecule has 2 aliphatic heterocycles. The molecule has 0 aromatic carbocycles. The summed E-state index contributed by atoms with van der Waals surface area (Å²) < 4.78 is 0. The predicted octanol–water partition coefficient (Wildman–Crippen LogP) is 3.34. The lowest BCUT2D eigenvalue weighted by Gasteiger charge is -2.36. The highest BCUT2D eigenvalue weighted by Gasteiger charge is 2.29. The number of hydrogen-bond acceptors (Lipinski definition) is 5. The maximum atomic E-state index is 11.5. The summed E-state index contributed by atoms with van der Waals surface area (Å²) in [5.74, 6) is 2.73. The molecule has 3 rings (SSSR count). The number of pyridine rings is 1. The number of hydrogen-bond donors (Lipinski definition) is 1. The van der Waals surface area contributed by atoms with Crippen molar-refractivity contribution in [2.75, 3.05) is 18.4 Å². The van der Waals surface area contributed by atoms with Crippen LogP contribution in [0.3, 0.4) is 0 Å². The highest BCUT2D eigenvalue weighted by atomic mass is 16.2. The van der Waals surface area contributed by atoms with Crippen molar-refractivity contribution in [3.05, 3.63) is 35.7 Å². The molecule has 3 heterocycles. The first-order valence-corrected chi connectivity index (χ1v) is 9.26. The van der Waals surface area contributed by atoms with Gasteiger partial charge in [-0.15, -0.1) is 0 Å². The zero-order valence-electron chi connectivity index (χ0n) is 15.4. The van der Waals surface area contributed by atoms with Gasteiger partial charge in [0.25, 0.3) is 0 Å². The van der Waals surface area contributed by atoms with E-state index in [1.165, 1.54) is 0 Å². The Morgan fingerprint density at radius 1 is 1.42 bits per heavy atom. The molecule has 1 aromatic heterocycles. The van der Waals surface area contributed by atoms with Gasteiger partial charge in [0.15, 0.2) is 0 Å². The number of nitrogens with zero attached hydrogens (tertiary/aromatic N) is 4. The summed E-state index contributed by atoms with van der Waals surface area (Å²) in [6.07, 6.45) is 7.74. The summed E-state index contributed by atoms with van der Waals surface area (Å²) in [4.78, 5) is 22.5. The summed E-state index contributed by atoms with van der Waals surface area (Å²) in [6, 6.07) is 5.57. The van der Waals surface area contributed by atoms with Gasteiger partial charge >= 0.3 is 0 Å². The molecular weight excluding hydrogens is 326 g/mol. The van der Waals surface area contributed by atoms with E-state index in [2.05, 4.69) is 29.4 Å². The first-order chi connectivity index (χ1) is 12.6. The van der Waals surface area contributed by atoms with Gasteiger partial charge in [0.2, 0.25) is 5.91 Å². The third-order valence-electron chi connectivity index (χ3n) is 5.23. The minimum absolute atomic E-state index is 0.171. The molecule has 1 aromatic rings. The third-order valence-corrected chi connectivity index (χ3v) is 5.23. The number of likely N-dealkylation sites (tertiary alicyclic amines) is 1. The molecule has 2 aliphatic rings. The first kappa shape index (κ1) is 18.1. The summed E-state index contributed by atoms with van der Waals surface area (Å²) in [7, 11) is 0. The molecule has 0 radical (unpaired) electrons. The van der Waals surface area contributed by atoms with Crippen molar-refractivity contribution < 1.29 is 4.79 Å². The quantitative estimate of drug-likeness (QED) is 0.905. The number of rotatable bonds is 3. The lowest BCUT2D eigenvalue weighted by molar-refractivity contribution is -0.130. The number of amidine groups is 1. The van der Waals surface area contributed by atoms with Crippen LogP contribution in [0.1, 0.15) is 45.1 Å². The zero-order valence-corrected chi connectivity index (χ0v) is 15.4. The molecule has 6 heteroatoms. The average Bonchev–Trinajstić information content (AvgIpc) is 2.68. The molecule has 136 valence electrons. The number of allylic oxidation sites excluding steroid dienone is 2. The van der Waals surface area contributed by atoms with E-state index >= 15 is 0 Å². The Morgan fingerprint density at radius 2 is 2.19 bits per heavy atom. The number of carbonyl (C=O) groups is 1. The predicted molar refractivity (Wildman–Crippen MR) is 101 cm³/mol. The Labute approximate surface area is 154 Å². The van der Waals surface area contributed by atoms with Crippen LogP contribution in [-0.2, 0) is 4.79 Å². The fourth-order valence-corrected chi connectivity index (χ4v) is 3.72. The highest BCUT2D eigenvalue weighted by Crippen LogP contribution is 2.33. The summed E-state index contributed by atoms with van der Waals surface area (Å²) >= 11 is 0. The molecule has 0 spiro atoms. The fourth-order valence-electron chi connectivity index (χ4n) is 3.72. The Hall–Kier alpha value is -2.68. The monoisotopic (exact) mass is 351 g/mol. The minimum atomic E-state index is 0.171. The van der Waals surface area contributed by atoms with Crippen molar-refractivity contribution in [1.82, 2.24) is 9.88 Å². The number of piperidine rings is 1. The van der Waals surface area contributed by atoms with Gasteiger partial charge in [0.1, 0.15) is 11.7 Å². The third kappa shape index (κ3) is 4.29. The number of aromatic nitrogens is 1. The largest absolute Gasteiger partial charge is 0.343 e. The molecule has 0 saturated carbocycles. The highest BCUT2D eigenvalue weighted by molar-refractivity contribution is 5.96. The normalized spacial score (nSPS) is 20.8. The van der Waals surface area contributed by atoms with Crippen LogP contribution in [0.5, 0.6) is 0 Å². The second-order valence-corrected chi connectivity index (χ2v) is 6.95. The molecule has 1 saturated heterocycles. The van der Waals surface area contributed by atoms with E-state index < -0.39 is 0 Å². The van der Waals surface area contributed by atoms with E-state index in [-0.39, 0.29) is 5.91 Å². The molecule has 1 atom stereocenters. The number of anilines is 1. The van der Waals surface area contributed by atoms with Crippen molar-refractivity contribution in [1.29, 1.82) is 5.26 Å². The standard InChI is InChI=1S/C20H25N5O/c1-3-18-11-17(16-5-8-25(9-6-16)14(2)26)12-20(23-18)24-19-10-15(13-21)4-7-22-19/h4,7,10-11,16-17H,3,5-6,8-9,12H2,1-2H3,(H,22,23,24). The Kier molecular flexibility index (Phi) is 5.67. The van der Waals surface area contributed by atoms with Crippen LogP contribution >= 0.6 is 0 Å². The topological polar surface area (TPSA) is 81.4 Å².